The molecule has 88 valence electrons. The molecule has 1 heteroatoms. The van der Waals surface area contributed by atoms with Gasteiger partial charge in [-0.15, -0.1) is 0 Å². The van der Waals surface area contributed by atoms with Gasteiger partial charge in [0.05, 0.1) is 0 Å². The molecule has 0 saturated carbocycles. The molecule has 0 spiro atoms. The van der Waals surface area contributed by atoms with Crippen LogP contribution in [0.4, 0.5) is 0 Å². The van der Waals surface area contributed by atoms with Crippen LogP contribution in [0.2, 0.25) is 0 Å². The summed E-state index contributed by atoms with van der Waals surface area (Å²) in [6.45, 7) is 4.30. The van der Waals surface area contributed by atoms with Gasteiger partial charge in [0, 0.05) is 0 Å². The molecule has 17 heavy (non-hydrogen) atoms. The summed E-state index contributed by atoms with van der Waals surface area (Å²) < 4.78 is 5.82. The van der Waals surface area contributed by atoms with E-state index < -0.39 is 0 Å². The van der Waals surface area contributed by atoms with Crippen molar-refractivity contribution in [2.24, 2.45) is 0 Å². The van der Waals surface area contributed by atoms with Gasteiger partial charge in [-0.2, -0.15) is 0 Å². The lowest BCUT2D eigenvalue weighted by atomic mass is 10.1. The summed E-state index contributed by atoms with van der Waals surface area (Å²) in [4.78, 5) is 0. The number of hydrogen-bond acceptors (Lipinski definition) is 1. The standard InChI is InChI=1S/C16H18O/c1-3-13-8-10-15(11-9-13)17-16-7-5-6-14(4-2)12-16/h5-12H,3-4H2,1-2H3. The highest BCUT2D eigenvalue weighted by Crippen LogP contribution is 2.22. The van der Waals surface area contributed by atoms with E-state index in [9.17, 15) is 0 Å². The van der Waals surface area contributed by atoms with Crippen molar-refractivity contribution in [2.45, 2.75) is 26.7 Å². The Hall–Kier alpha value is -1.76. The van der Waals surface area contributed by atoms with Crippen LogP contribution in [-0.4, -0.2) is 0 Å². The second kappa shape index (κ2) is 5.53. The highest BCUT2D eigenvalue weighted by molar-refractivity contribution is 5.35. The monoisotopic (exact) mass is 226 g/mol. The fourth-order valence-electron chi connectivity index (χ4n) is 1.76. The van der Waals surface area contributed by atoms with Gasteiger partial charge in [-0.25, -0.2) is 0 Å². The zero-order valence-corrected chi connectivity index (χ0v) is 10.4. The minimum atomic E-state index is 0.899. The molecule has 0 unspecified atom stereocenters. The lowest BCUT2D eigenvalue weighted by Gasteiger charge is -2.07. The van der Waals surface area contributed by atoms with E-state index in [1.165, 1.54) is 11.1 Å². The Kier molecular flexibility index (Phi) is 3.81. The fraction of sp³-hybridized carbons (Fsp3) is 0.250. The molecule has 0 bridgehead atoms. The van der Waals surface area contributed by atoms with Crippen molar-refractivity contribution >= 4 is 0 Å². The topological polar surface area (TPSA) is 9.23 Å². The third kappa shape index (κ3) is 3.10. The van der Waals surface area contributed by atoms with Gasteiger partial charge in [-0.1, -0.05) is 38.1 Å². The minimum absolute atomic E-state index is 0.899. The third-order valence-electron chi connectivity index (χ3n) is 2.87. The molecule has 0 saturated heterocycles. The molecule has 0 heterocycles. The Morgan fingerprint density at radius 1 is 0.765 bits per heavy atom. The first-order chi connectivity index (χ1) is 8.31. The molecule has 0 N–H and O–H groups in total. The van der Waals surface area contributed by atoms with Crippen molar-refractivity contribution < 1.29 is 4.74 Å². The number of rotatable bonds is 4. The summed E-state index contributed by atoms with van der Waals surface area (Å²) in [6.07, 6.45) is 2.09. The van der Waals surface area contributed by atoms with Crippen molar-refractivity contribution in [3.63, 3.8) is 0 Å². The average Bonchev–Trinajstić information content (AvgIpc) is 2.40. The average molecular weight is 226 g/mol. The van der Waals surface area contributed by atoms with Gasteiger partial charge in [0.1, 0.15) is 11.5 Å². The number of aryl methyl sites for hydroxylation is 2. The minimum Gasteiger partial charge on any atom is -0.457 e. The Morgan fingerprint density at radius 3 is 2.12 bits per heavy atom. The van der Waals surface area contributed by atoms with E-state index in [4.69, 9.17) is 4.74 Å². The molecule has 0 aliphatic carbocycles. The molecule has 0 aliphatic heterocycles. The van der Waals surface area contributed by atoms with Crippen molar-refractivity contribution in [1.29, 1.82) is 0 Å². The molecule has 0 atom stereocenters. The molecule has 1 nitrogen and oxygen atoms in total. The van der Waals surface area contributed by atoms with E-state index in [0.717, 1.165) is 24.3 Å². The molecule has 0 aliphatic rings. The first-order valence-corrected chi connectivity index (χ1v) is 6.17. The zero-order chi connectivity index (χ0) is 12.1. The van der Waals surface area contributed by atoms with Crippen LogP contribution in [0.5, 0.6) is 11.5 Å². The second-order valence-electron chi connectivity index (χ2n) is 4.10. The van der Waals surface area contributed by atoms with Crippen molar-refractivity contribution in [1.82, 2.24) is 0 Å². The van der Waals surface area contributed by atoms with Crippen molar-refractivity contribution in [3.8, 4) is 11.5 Å². The second-order valence-corrected chi connectivity index (χ2v) is 4.10. The van der Waals surface area contributed by atoms with Gasteiger partial charge < -0.3 is 4.74 Å². The molecule has 0 amide bonds. The smallest absolute Gasteiger partial charge is 0.127 e. The molecule has 2 rings (SSSR count). The molecular formula is C16H18O. The van der Waals surface area contributed by atoms with Crippen LogP contribution in [0.1, 0.15) is 25.0 Å². The summed E-state index contributed by atoms with van der Waals surface area (Å²) in [7, 11) is 0. The number of hydrogen-bond donors (Lipinski definition) is 0. The SMILES string of the molecule is CCc1ccc(Oc2cccc(CC)c2)cc1. The van der Waals surface area contributed by atoms with E-state index in [-0.39, 0.29) is 0 Å². The number of ether oxygens (including phenoxy) is 1. The summed E-state index contributed by atoms with van der Waals surface area (Å²) in [5, 5.41) is 0. The lowest BCUT2D eigenvalue weighted by molar-refractivity contribution is 0.482. The van der Waals surface area contributed by atoms with Gasteiger partial charge in [-0.05, 0) is 48.2 Å². The highest BCUT2D eigenvalue weighted by atomic mass is 16.5. The first-order valence-electron chi connectivity index (χ1n) is 6.17. The molecule has 0 aromatic heterocycles. The van der Waals surface area contributed by atoms with Crippen molar-refractivity contribution in [2.75, 3.05) is 0 Å². The van der Waals surface area contributed by atoms with Crippen LogP contribution >= 0.6 is 0 Å². The summed E-state index contributed by atoms with van der Waals surface area (Å²) in [6, 6.07) is 16.5. The highest BCUT2D eigenvalue weighted by Gasteiger charge is 1.98. The van der Waals surface area contributed by atoms with Gasteiger partial charge in [0.2, 0.25) is 0 Å². The molecule has 0 fully saturated rings. The largest absolute Gasteiger partial charge is 0.457 e. The quantitative estimate of drug-likeness (QED) is 0.740. The van der Waals surface area contributed by atoms with Gasteiger partial charge in [0.25, 0.3) is 0 Å². The molecule has 2 aromatic rings. The Bertz CT molecular complexity index is 471. The van der Waals surface area contributed by atoms with Crippen LogP contribution in [0.25, 0.3) is 0 Å². The van der Waals surface area contributed by atoms with Crippen LogP contribution in [0, 0.1) is 0 Å². The molecule has 2 aromatic carbocycles. The van der Waals surface area contributed by atoms with Crippen LogP contribution in [0.15, 0.2) is 48.5 Å². The molecule has 0 radical (unpaired) electrons. The zero-order valence-electron chi connectivity index (χ0n) is 10.4. The van der Waals surface area contributed by atoms with Crippen LogP contribution in [0.3, 0.4) is 0 Å². The predicted octanol–water partition coefficient (Wildman–Crippen LogP) is 4.60. The Labute approximate surface area is 103 Å². The van der Waals surface area contributed by atoms with E-state index in [0.29, 0.717) is 0 Å². The van der Waals surface area contributed by atoms with Crippen LogP contribution in [-0.2, 0) is 12.8 Å². The van der Waals surface area contributed by atoms with Gasteiger partial charge in [0.15, 0.2) is 0 Å². The van der Waals surface area contributed by atoms with Crippen molar-refractivity contribution in [3.05, 3.63) is 59.7 Å². The number of benzene rings is 2. The Balaban J connectivity index is 2.13. The van der Waals surface area contributed by atoms with E-state index in [1.807, 2.05) is 24.3 Å². The van der Waals surface area contributed by atoms with Crippen LogP contribution < -0.4 is 4.74 Å². The van der Waals surface area contributed by atoms with Gasteiger partial charge in [-0.3, -0.25) is 0 Å². The summed E-state index contributed by atoms with van der Waals surface area (Å²) >= 11 is 0. The van der Waals surface area contributed by atoms with E-state index >= 15 is 0 Å². The predicted molar refractivity (Wildman–Crippen MR) is 71.7 cm³/mol. The summed E-state index contributed by atoms with van der Waals surface area (Å²) in [5.74, 6) is 1.81. The van der Waals surface area contributed by atoms with Gasteiger partial charge >= 0.3 is 0 Å². The lowest BCUT2D eigenvalue weighted by Crippen LogP contribution is -1.87. The molecular weight excluding hydrogens is 208 g/mol. The fourth-order valence-corrected chi connectivity index (χ4v) is 1.76. The van der Waals surface area contributed by atoms with E-state index in [2.05, 4.69) is 38.1 Å². The third-order valence-corrected chi connectivity index (χ3v) is 2.87. The van der Waals surface area contributed by atoms with E-state index in [1.54, 1.807) is 0 Å². The maximum atomic E-state index is 5.82. The maximum absolute atomic E-state index is 5.82. The first kappa shape index (κ1) is 11.7. The summed E-state index contributed by atoms with van der Waals surface area (Å²) in [5.41, 5.74) is 2.63. The Morgan fingerprint density at radius 2 is 1.47 bits per heavy atom. The normalized spacial score (nSPS) is 10.2. The maximum Gasteiger partial charge on any atom is 0.127 e.